The standard InChI is InChI=1S/C14H26N2O2/c1-9(2)7-13-14(17)16(11(4)15-13)12-5-6-18-10(3)8-12/h9-13,15H,5-8H2,1-4H3. The lowest BCUT2D eigenvalue weighted by Crippen LogP contribution is -2.47. The van der Waals surface area contributed by atoms with E-state index >= 15 is 0 Å². The molecule has 2 fully saturated rings. The van der Waals surface area contributed by atoms with Crippen LogP contribution in [0.5, 0.6) is 0 Å². The van der Waals surface area contributed by atoms with E-state index in [1.807, 2.05) is 0 Å². The van der Waals surface area contributed by atoms with Gasteiger partial charge in [-0.2, -0.15) is 0 Å². The van der Waals surface area contributed by atoms with E-state index in [4.69, 9.17) is 4.74 Å². The minimum atomic E-state index is 0.0122. The summed E-state index contributed by atoms with van der Waals surface area (Å²) in [6.45, 7) is 9.30. The van der Waals surface area contributed by atoms with E-state index in [9.17, 15) is 4.79 Å². The second-order valence-corrected chi connectivity index (χ2v) is 6.13. The fourth-order valence-electron chi connectivity index (χ4n) is 3.18. The summed E-state index contributed by atoms with van der Waals surface area (Å²) in [6.07, 6.45) is 3.30. The molecule has 2 saturated heterocycles. The molecule has 0 saturated carbocycles. The van der Waals surface area contributed by atoms with Crippen molar-refractivity contribution in [1.82, 2.24) is 10.2 Å². The van der Waals surface area contributed by atoms with Crippen LogP contribution >= 0.6 is 0 Å². The molecule has 1 amide bonds. The molecule has 4 heteroatoms. The lowest BCUT2D eigenvalue weighted by atomic mass is 10.0. The van der Waals surface area contributed by atoms with Crippen LogP contribution < -0.4 is 5.32 Å². The first kappa shape index (κ1) is 13.8. The predicted octanol–water partition coefficient (Wildman–Crippen LogP) is 1.75. The largest absolute Gasteiger partial charge is 0.378 e. The topological polar surface area (TPSA) is 41.6 Å². The van der Waals surface area contributed by atoms with Crippen LogP contribution in [0.25, 0.3) is 0 Å². The molecule has 0 aromatic rings. The molecule has 0 aliphatic carbocycles. The molecule has 2 rings (SSSR count). The molecular weight excluding hydrogens is 228 g/mol. The van der Waals surface area contributed by atoms with Crippen LogP contribution in [0.1, 0.15) is 47.0 Å². The highest BCUT2D eigenvalue weighted by atomic mass is 16.5. The number of hydrogen-bond donors (Lipinski definition) is 1. The molecule has 0 spiro atoms. The van der Waals surface area contributed by atoms with Crippen molar-refractivity contribution in [2.45, 2.75) is 71.3 Å². The zero-order valence-corrected chi connectivity index (χ0v) is 12.0. The van der Waals surface area contributed by atoms with E-state index in [1.54, 1.807) is 0 Å². The lowest BCUT2D eigenvalue weighted by molar-refractivity contribution is -0.135. The van der Waals surface area contributed by atoms with E-state index in [0.29, 0.717) is 12.0 Å². The molecule has 0 aromatic carbocycles. The summed E-state index contributed by atoms with van der Waals surface area (Å²) in [5.41, 5.74) is 0. The van der Waals surface area contributed by atoms with Crippen LogP contribution in [-0.2, 0) is 9.53 Å². The van der Waals surface area contributed by atoms with Crippen molar-refractivity contribution in [3.05, 3.63) is 0 Å². The zero-order valence-electron chi connectivity index (χ0n) is 12.0. The molecule has 2 heterocycles. The number of carbonyl (C=O) groups is 1. The van der Waals surface area contributed by atoms with Crippen molar-refractivity contribution in [1.29, 1.82) is 0 Å². The number of carbonyl (C=O) groups excluding carboxylic acids is 1. The maximum Gasteiger partial charge on any atom is 0.241 e. The van der Waals surface area contributed by atoms with Crippen molar-refractivity contribution < 1.29 is 9.53 Å². The Bertz CT molecular complexity index is 306. The SMILES string of the molecule is CC(C)CC1NC(C)N(C2CCOC(C)C2)C1=O. The second-order valence-electron chi connectivity index (χ2n) is 6.13. The summed E-state index contributed by atoms with van der Waals surface area (Å²) in [5, 5.41) is 3.43. The van der Waals surface area contributed by atoms with Crippen LogP contribution in [0.3, 0.4) is 0 Å². The number of ether oxygens (including phenoxy) is 1. The Labute approximate surface area is 110 Å². The summed E-state index contributed by atoms with van der Waals surface area (Å²) in [7, 11) is 0. The van der Waals surface area contributed by atoms with Gasteiger partial charge < -0.3 is 9.64 Å². The molecule has 0 bridgehead atoms. The van der Waals surface area contributed by atoms with Crippen molar-refractivity contribution in [3.63, 3.8) is 0 Å². The van der Waals surface area contributed by atoms with Gasteiger partial charge in [0.05, 0.1) is 18.3 Å². The van der Waals surface area contributed by atoms with Crippen LogP contribution in [0.15, 0.2) is 0 Å². The summed E-state index contributed by atoms with van der Waals surface area (Å²) in [6, 6.07) is 0.360. The maximum absolute atomic E-state index is 12.5. The number of rotatable bonds is 3. The first-order valence-electron chi connectivity index (χ1n) is 7.19. The average molecular weight is 254 g/mol. The Balaban J connectivity index is 2.01. The van der Waals surface area contributed by atoms with E-state index < -0.39 is 0 Å². The summed E-state index contributed by atoms with van der Waals surface area (Å²) < 4.78 is 5.57. The molecule has 4 nitrogen and oxygen atoms in total. The van der Waals surface area contributed by atoms with Gasteiger partial charge in [0.2, 0.25) is 5.91 Å². The second kappa shape index (κ2) is 5.57. The smallest absolute Gasteiger partial charge is 0.241 e. The number of amides is 1. The highest BCUT2D eigenvalue weighted by Gasteiger charge is 2.41. The van der Waals surface area contributed by atoms with Gasteiger partial charge in [-0.25, -0.2) is 0 Å². The molecule has 0 aromatic heterocycles. The Hall–Kier alpha value is -0.610. The summed E-state index contributed by atoms with van der Waals surface area (Å²) in [5.74, 6) is 0.836. The molecule has 1 N–H and O–H groups in total. The number of nitrogens with one attached hydrogen (secondary N) is 1. The summed E-state index contributed by atoms with van der Waals surface area (Å²) >= 11 is 0. The molecule has 2 aliphatic rings. The van der Waals surface area contributed by atoms with E-state index in [0.717, 1.165) is 25.9 Å². The Morgan fingerprint density at radius 3 is 2.78 bits per heavy atom. The third kappa shape index (κ3) is 2.86. The van der Waals surface area contributed by atoms with Gasteiger partial charge >= 0.3 is 0 Å². The van der Waals surface area contributed by atoms with Gasteiger partial charge in [0.15, 0.2) is 0 Å². The van der Waals surface area contributed by atoms with E-state index in [-0.39, 0.29) is 24.2 Å². The predicted molar refractivity (Wildman–Crippen MR) is 71.1 cm³/mol. The Kier molecular flexibility index (Phi) is 4.28. The van der Waals surface area contributed by atoms with E-state index in [1.165, 1.54) is 0 Å². The van der Waals surface area contributed by atoms with Gasteiger partial charge in [0.25, 0.3) is 0 Å². The van der Waals surface area contributed by atoms with Gasteiger partial charge in [-0.05, 0) is 39.0 Å². The zero-order chi connectivity index (χ0) is 13.3. The quantitative estimate of drug-likeness (QED) is 0.834. The van der Waals surface area contributed by atoms with Gasteiger partial charge in [0, 0.05) is 12.6 Å². The van der Waals surface area contributed by atoms with Crippen LogP contribution in [0.2, 0.25) is 0 Å². The lowest BCUT2D eigenvalue weighted by Gasteiger charge is -2.36. The fourth-order valence-corrected chi connectivity index (χ4v) is 3.18. The molecule has 4 atom stereocenters. The van der Waals surface area contributed by atoms with Gasteiger partial charge in [-0.1, -0.05) is 13.8 Å². The Morgan fingerprint density at radius 1 is 1.44 bits per heavy atom. The number of nitrogens with zero attached hydrogens (tertiary/aromatic N) is 1. The van der Waals surface area contributed by atoms with Crippen molar-refractivity contribution >= 4 is 5.91 Å². The first-order chi connectivity index (χ1) is 8.49. The van der Waals surface area contributed by atoms with Crippen molar-refractivity contribution in [3.8, 4) is 0 Å². The van der Waals surface area contributed by atoms with Gasteiger partial charge in [-0.3, -0.25) is 10.1 Å². The van der Waals surface area contributed by atoms with Gasteiger partial charge in [-0.15, -0.1) is 0 Å². The summed E-state index contributed by atoms with van der Waals surface area (Å²) in [4.78, 5) is 14.5. The molecular formula is C14H26N2O2. The van der Waals surface area contributed by atoms with Crippen LogP contribution in [0, 0.1) is 5.92 Å². The maximum atomic E-state index is 12.5. The first-order valence-corrected chi connectivity index (χ1v) is 7.19. The Morgan fingerprint density at radius 2 is 2.17 bits per heavy atom. The fraction of sp³-hybridized carbons (Fsp3) is 0.929. The highest BCUT2D eigenvalue weighted by molar-refractivity contribution is 5.84. The molecule has 0 radical (unpaired) electrons. The molecule has 18 heavy (non-hydrogen) atoms. The molecule has 4 unspecified atom stereocenters. The van der Waals surface area contributed by atoms with E-state index in [2.05, 4.69) is 37.9 Å². The van der Waals surface area contributed by atoms with Crippen molar-refractivity contribution in [2.75, 3.05) is 6.61 Å². The van der Waals surface area contributed by atoms with Gasteiger partial charge in [0.1, 0.15) is 0 Å². The minimum absolute atomic E-state index is 0.0122. The van der Waals surface area contributed by atoms with Crippen LogP contribution in [-0.4, -0.2) is 41.8 Å². The molecule has 2 aliphatic heterocycles. The molecule has 104 valence electrons. The monoisotopic (exact) mass is 254 g/mol. The average Bonchev–Trinajstić information content (AvgIpc) is 2.53. The normalized spacial score (nSPS) is 37.6. The third-order valence-corrected chi connectivity index (χ3v) is 3.97. The third-order valence-electron chi connectivity index (χ3n) is 3.97. The minimum Gasteiger partial charge on any atom is -0.378 e. The van der Waals surface area contributed by atoms with Crippen molar-refractivity contribution in [2.24, 2.45) is 5.92 Å². The number of hydrogen-bond acceptors (Lipinski definition) is 3. The van der Waals surface area contributed by atoms with Crippen LogP contribution in [0.4, 0.5) is 0 Å². The highest BCUT2D eigenvalue weighted by Crippen LogP contribution is 2.26.